The van der Waals surface area contributed by atoms with E-state index in [-0.39, 0.29) is 18.1 Å². The first-order chi connectivity index (χ1) is 8.97. The number of anilines is 1. The van der Waals surface area contributed by atoms with Gasteiger partial charge in [0, 0.05) is 24.9 Å². The van der Waals surface area contributed by atoms with Gasteiger partial charge in [0.25, 0.3) is 0 Å². The zero-order valence-corrected chi connectivity index (χ0v) is 12.3. The van der Waals surface area contributed by atoms with Crippen LogP contribution in [-0.4, -0.2) is 34.3 Å². The topological polar surface area (TPSA) is 67.3 Å². The van der Waals surface area contributed by atoms with E-state index in [2.05, 4.69) is 43.0 Å². The van der Waals surface area contributed by atoms with Gasteiger partial charge in [-0.05, 0) is 18.3 Å². The molecule has 0 saturated heterocycles. The number of aliphatic hydroxyl groups excluding tert-OH is 1. The highest BCUT2D eigenvalue weighted by Gasteiger charge is 2.24. The third-order valence-electron chi connectivity index (χ3n) is 2.85. The van der Waals surface area contributed by atoms with Gasteiger partial charge in [-0.1, -0.05) is 27.7 Å². The molecule has 0 amide bonds. The molecule has 1 rings (SSSR count). The summed E-state index contributed by atoms with van der Waals surface area (Å²) < 4.78 is 5.48. The number of hydrogen-bond donors (Lipinski definition) is 2. The van der Waals surface area contributed by atoms with Crippen LogP contribution in [0.25, 0.3) is 0 Å². The van der Waals surface area contributed by atoms with Gasteiger partial charge >= 0.3 is 0 Å². The molecule has 0 aliphatic heterocycles. The summed E-state index contributed by atoms with van der Waals surface area (Å²) in [6, 6.07) is 1.86. The van der Waals surface area contributed by atoms with Gasteiger partial charge in [0.05, 0.1) is 6.61 Å². The van der Waals surface area contributed by atoms with Crippen LogP contribution in [0.4, 0.5) is 5.95 Å². The summed E-state index contributed by atoms with van der Waals surface area (Å²) in [4.78, 5) is 8.52. The lowest BCUT2D eigenvalue weighted by Crippen LogP contribution is -2.35. The Hall–Kier alpha value is -1.36. The number of hydrogen-bond acceptors (Lipinski definition) is 5. The van der Waals surface area contributed by atoms with Crippen LogP contribution in [0.1, 0.15) is 40.5 Å². The standard InChI is InChI=1S/C14H25N3O2/c1-5-10-19-12-6-8-15-13(17-12)16-11(7-9-18)14(2,3)4/h6,8,11,18H,5,7,9-10H2,1-4H3,(H,15,16,17). The fraction of sp³-hybridized carbons (Fsp3) is 0.714. The molecule has 0 aromatic carbocycles. The summed E-state index contributed by atoms with van der Waals surface area (Å²) in [5.41, 5.74) is 0.0202. The maximum atomic E-state index is 9.14. The molecule has 0 aliphatic carbocycles. The van der Waals surface area contributed by atoms with Crippen molar-refractivity contribution < 1.29 is 9.84 Å². The molecule has 2 N–H and O–H groups in total. The smallest absolute Gasteiger partial charge is 0.226 e. The average Bonchev–Trinajstić information content (AvgIpc) is 2.35. The summed E-state index contributed by atoms with van der Waals surface area (Å²) in [6.07, 6.45) is 3.29. The minimum Gasteiger partial charge on any atom is -0.478 e. The summed E-state index contributed by atoms with van der Waals surface area (Å²) in [5.74, 6) is 1.12. The fourth-order valence-electron chi connectivity index (χ4n) is 1.71. The molecule has 0 radical (unpaired) electrons. The molecule has 0 aliphatic rings. The van der Waals surface area contributed by atoms with Gasteiger partial charge in [0.1, 0.15) is 0 Å². The van der Waals surface area contributed by atoms with Crippen LogP contribution in [0, 0.1) is 5.41 Å². The molecule has 5 nitrogen and oxygen atoms in total. The highest BCUT2D eigenvalue weighted by molar-refractivity contribution is 5.29. The van der Waals surface area contributed by atoms with E-state index in [1.807, 2.05) is 0 Å². The minimum absolute atomic E-state index is 0.0202. The molecule has 1 aromatic heterocycles. The fourth-order valence-corrected chi connectivity index (χ4v) is 1.71. The van der Waals surface area contributed by atoms with Crippen molar-refractivity contribution in [3.63, 3.8) is 0 Å². The van der Waals surface area contributed by atoms with E-state index < -0.39 is 0 Å². The molecule has 0 bridgehead atoms. The Bertz CT molecular complexity index is 377. The third kappa shape index (κ3) is 5.42. The SMILES string of the molecule is CCCOc1ccnc(NC(CCO)C(C)(C)C)n1. The van der Waals surface area contributed by atoms with Crippen molar-refractivity contribution in [1.29, 1.82) is 0 Å². The van der Waals surface area contributed by atoms with Crippen LogP contribution in [0.15, 0.2) is 12.3 Å². The van der Waals surface area contributed by atoms with E-state index in [9.17, 15) is 0 Å². The number of aliphatic hydroxyl groups is 1. The van der Waals surface area contributed by atoms with Crippen LogP contribution in [0.5, 0.6) is 5.88 Å². The molecule has 1 aromatic rings. The predicted molar refractivity (Wildman–Crippen MR) is 76.4 cm³/mol. The zero-order chi connectivity index (χ0) is 14.3. The van der Waals surface area contributed by atoms with Crippen LogP contribution in [-0.2, 0) is 0 Å². The molecule has 1 atom stereocenters. The molecule has 5 heteroatoms. The predicted octanol–water partition coefficient (Wildman–Crippen LogP) is 2.47. The van der Waals surface area contributed by atoms with E-state index in [1.165, 1.54) is 0 Å². The lowest BCUT2D eigenvalue weighted by atomic mass is 9.85. The Morgan fingerprint density at radius 1 is 1.42 bits per heavy atom. The molecule has 0 saturated carbocycles. The Morgan fingerprint density at radius 3 is 2.74 bits per heavy atom. The number of nitrogens with one attached hydrogen (secondary N) is 1. The average molecular weight is 267 g/mol. The highest BCUT2D eigenvalue weighted by atomic mass is 16.5. The van der Waals surface area contributed by atoms with Crippen molar-refractivity contribution in [2.24, 2.45) is 5.41 Å². The molecular formula is C14H25N3O2. The first-order valence-electron chi connectivity index (χ1n) is 6.80. The van der Waals surface area contributed by atoms with E-state index in [0.717, 1.165) is 6.42 Å². The van der Waals surface area contributed by atoms with Crippen molar-refractivity contribution in [3.05, 3.63) is 12.3 Å². The quantitative estimate of drug-likeness (QED) is 0.794. The molecule has 108 valence electrons. The van der Waals surface area contributed by atoms with Crippen molar-refractivity contribution in [3.8, 4) is 5.88 Å². The first-order valence-corrected chi connectivity index (χ1v) is 6.80. The number of rotatable bonds is 7. The lowest BCUT2D eigenvalue weighted by Gasteiger charge is -2.31. The van der Waals surface area contributed by atoms with Gasteiger partial charge in [0.2, 0.25) is 11.8 Å². The van der Waals surface area contributed by atoms with Crippen molar-refractivity contribution >= 4 is 5.95 Å². The van der Waals surface area contributed by atoms with E-state index in [4.69, 9.17) is 9.84 Å². The molecular weight excluding hydrogens is 242 g/mol. The molecule has 19 heavy (non-hydrogen) atoms. The Balaban J connectivity index is 2.73. The van der Waals surface area contributed by atoms with Crippen LogP contribution in [0.3, 0.4) is 0 Å². The Labute approximate surface area is 115 Å². The summed E-state index contributed by atoms with van der Waals surface area (Å²) in [7, 11) is 0. The minimum atomic E-state index is 0.0202. The first kappa shape index (κ1) is 15.7. The molecule has 0 spiro atoms. The van der Waals surface area contributed by atoms with Gasteiger partial charge < -0.3 is 15.2 Å². The van der Waals surface area contributed by atoms with E-state index >= 15 is 0 Å². The zero-order valence-electron chi connectivity index (χ0n) is 12.3. The summed E-state index contributed by atoms with van der Waals surface area (Å²) in [6.45, 7) is 9.21. The van der Waals surface area contributed by atoms with Gasteiger partial charge in [-0.15, -0.1) is 0 Å². The van der Waals surface area contributed by atoms with Crippen molar-refractivity contribution in [2.45, 2.75) is 46.6 Å². The van der Waals surface area contributed by atoms with Crippen LogP contribution >= 0.6 is 0 Å². The second-order valence-corrected chi connectivity index (χ2v) is 5.64. The summed E-state index contributed by atoms with van der Waals surface area (Å²) in [5, 5.41) is 12.4. The van der Waals surface area contributed by atoms with Gasteiger partial charge in [-0.25, -0.2) is 4.98 Å². The van der Waals surface area contributed by atoms with Gasteiger partial charge in [-0.3, -0.25) is 0 Å². The van der Waals surface area contributed by atoms with E-state index in [1.54, 1.807) is 12.3 Å². The van der Waals surface area contributed by atoms with Crippen LogP contribution < -0.4 is 10.1 Å². The third-order valence-corrected chi connectivity index (χ3v) is 2.85. The highest BCUT2D eigenvalue weighted by Crippen LogP contribution is 2.24. The maximum absolute atomic E-state index is 9.14. The Kier molecular flexibility index (Phi) is 6.02. The normalized spacial score (nSPS) is 13.1. The van der Waals surface area contributed by atoms with Crippen LogP contribution in [0.2, 0.25) is 0 Å². The summed E-state index contributed by atoms with van der Waals surface area (Å²) >= 11 is 0. The van der Waals surface area contributed by atoms with Crippen molar-refractivity contribution in [2.75, 3.05) is 18.5 Å². The monoisotopic (exact) mass is 267 g/mol. The molecule has 1 heterocycles. The Morgan fingerprint density at radius 2 is 2.16 bits per heavy atom. The maximum Gasteiger partial charge on any atom is 0.226 e. The second-order valence-electron chi connectivity index (χ2n) is 5.64. The van der Waals surface area contributed by atoms with Gasteiger partial charge in [0.15, 0.2) is 0 Å². The second kappa shape index (κ2) is 7.28. The molecule has 1 unspecified atom stereocenters. The number of nitrogens with zero attached hydrogens (tertiary/aromatic N) is 2. The number of aromatic nitrogens is 2. The lowest BCUT2D eigenvalue weighted by molar-refractivity contribution is 0.234. The van der Waals surface area contributed by atoms with Crippen molar-refractivity contribution in [1.82, 2.24) is 9.97 Å². The number of ether oxygens (including phenoxy) is 1. The van der Waals surface area contributed by atoms with E-state index in [0.29, 0.717) is 24.9 Å². The van der Waals surface area contributed by atoms with Gasteiger partial charge in [-0.2, -0.15) is 4.98 Å². The largest absolute Gasteiger partial charge is 0.478 e. The molecule has 0 fully saturated rings.